The molecule has 2 aromatic heterocycles. The summed E-state index contributed by atoms with van der Waals surface area (Å²) in [5, 5.41) is 0. The molecular weight excluding hydrogens is 284 g/mol. The first-order chi connectivity index (χ1) is 11.4. The number of imidazole rings is 1. The Morgan fingerprint density at radius 2 is 2.04 bits per heavy atom. The minimum atomic E-state index is 0.795. The van der Waals surface area contributed by atoms with Crippen molar-refractivity contribution in [2.75, 3.05) is 0 Å². The van der Waals surface area contributed by atoms with E-state index >= 15 is 0 Å². The molecule has 112 valence electrons. The van der Waals surface area contributed by atoms with Crippen LogP contribution in [0.5, 0.6) is 0 Å². The molecule has 0 unspecified atom stereocenters. The molecule has 0 saturated carbocycles. The van der Waals surface area contributed by atoms with Crippen LogP contribution in [0.4, 0.5) is 0 Å². The number of nitrogens with one attached hydrogen (secondary N) is 1. The Labute approximate surface area is 134 Å². The van der Waals surface area contributed by atoms with Gasteiger partial charge in [0.15, 0.2) is 5.82 Å². The Balaban J connectivity index is 1.59. The zero-order chi connectivity index (χ0) is 15.5. The van der Waals surface area contributed by atoms with Gasteiger partial charge >= 0.3 is 0 Å². The van der Waals surface area contributed by atoms with Gasteiger partial charge in [0.05, 0.1) is 5.71 Å². The van der Waals surface area contributed by atoms with Gasteiger partial charge in [-0.3, -0.25) is 4.99 Å². The topological polar surface area (TPSA) is 53.9 Å². The molecule has 0 radical (unpaired) electrons. The molecule has 3 aromatic rings. The van der Waals surface area contributed by atoms with Crippen LogP contribution < -0.4 is 0 Å². The number of H-pyrrole nitrogens is 1. The lowest BCUT2D eigenvalue weighted by Crippen LogP contribution is -1.99. The van der Waals surface area contributed by atoms with Gasteiger partial charge in [-0.1, -0.05) is 30.3 Å². The van der Waals surface area contributed by atoms with E-state index in [1.165, 1.54) is 11.1 Å². The van der Waals surface area contributed by atoms with Crippen molar-refractivity contribution in [2.24, 2.45) is 4.99 Å². The number of aromatic amines is 1. The maximum atomic E-state index is 4.70. The summed E-state index contributed by atoms with van der Waals surface area (Å²) in [6, 6.07) is 14.6. The first-order valence-corrected chi connectivity index (χ1v) is 7.65. The highest BCUT2D eigenvalue weighted by Gasteiger charge is 2.07. The van der Waals surface area contributed by atoms with Gasteiger partial charge < -0.3 is 4.98 Å². The average Bonchev–Trinajstić information content (AvgIpc) is 3.29. The number of hydrogen-bond donors (Lipinski definition) is 1. The monoisotopic (exact) mass is 300 g/mol. The zero-order valence-corrected chi connectivity index (χ0v) is 12.6. The van der Waals surface area contributed by atoms with Crippen molar-refractivity contribution < 1.29 is 0 Å². The third kappa shape index (κ3) is 2.97. The van der Waals surface area contributed by atoms with Crippen LogP contribution in [0.25, 0.3) is 11.5 Å². The Hall–Kier alpha value is -3.01. The molecule has 0 bridgehead atoms. The smallest absolute Gasteiger partial charge is 0.155 e. The quantitative estimate of drug-likeness (QED) is 0.797. The highest BCUT2D eigenvalue weighted by Crippen LogP contribution is 2.17. The van der Waals surface area contributed by atoms with Gasteiger partial charge in [0.1, 0.15) is 5.69 Å². The molecule has 0 atom stereocenters. The molecule has 1 aliphatic rings. The van der Waals surface area contributed by atoms with Gasteiger partial charge in [-0.15, -0.1) is 0 Å². The number of rotatable bonds is 4. The lowest BCUT2D eigenvalue weighted by Gasteiger charge is -2.06. The molecule has 0 amide bonds. The molecule has 4 heteroatoms. The summed E-state index contributed by atoms with van der Waals surface area (Å²) >= 11 is 0. The predicted molar refractivity (Wildman–Crippen MR) is 91.4 cm³/mol. The van der Waals surface area contributed by atoms with Crippen LogP contribution in [0.15, 0.2) is 72.1 Å². The average molecular weight is 300 g/mol. The van der Waals surface area contributed by atoms with Gasteiger partial charge in [0.25, 0.3) is 0 Å². The van der Waals surface area contributed by atoms with Crippen molar-refractivity contribution >= 4 is 5.71 Å². The van der Waals surface area contributed by atoms with E-state index in [1.807, 2.05) is 30.6 Å². The molecule has 0 spiro atoms. The molecule has 0 saturated heterocycles. The number of allylic oxidation sites excluding steroid dienone is 1. The van der Waals surface area contributed by atoms with Crippen molar-refractivity contribution in [3.8, 4) is 11.5 Å². The van der Waals surface area contributed by atoms with Crippen LogP contribution in [0, 0.1) is 0 Å². The minimum Gasteiger partial charge on any atom is -0.343 e. The summed E-state index contributed by atoms with van der Waals surface area (Å²) in [6.45, 7) is 0. The van der Waals surface area contributed by atoms with E-state index in [0.29, 0.717) is 0 Å². The first-order valence-electron chi connectivity index (χ1n) is 7.65. The number of hydrogen-bond acceptors (Lipinski definition) is 3. The molecule has 1 aromatic carbocycles. The number of benzene rings is 1. The van der Waals surface area contributed by atoms with Crippen molar-refractivity contribution in [2.45, 2.75) is 12.8 Å². The van der Waals surface area contributed by atoms with Crippen molar-refractivity contribution in [3.05, 3.63) is 84.0 Å². The fraction of sp³-hybridized carbons (Fsp3) is 0.105. The van der Waals surface area contributed by atoms with Gasteiger partial charge in [-0.05, 0) is 29.3 Å². The Morgan fingerprint density at radius 3 is 2.87 bits per heavy atom. The number of aliphatic imine (C=N–C) groups is 1. The molecule has 1 N–H and O–H groups in total. The highest BCUT2D eigenvalue weighted by molar-refractivity contribution is 6.03. The number of aromatic nitrogens is 3. The third-order valence-corrected chi connectivity index (χ3v) is 3.84. The maximum absolute atomic E-state index is 4.70. The molecule has 0 aliphatic carbocycles. The molecule has 4 rings (SSSR count). The minimum absolute atomic E-state index is 0.795. The van der Waals surface area contributed by atoms with E-state index in [0.717, 1.165) is 35.8 Å². The summed E-state index contributed by atoms with van der Waals surface area (Å²) < 4.78 is 0. The number of nitrogens with zero attached hydrogens (tertiary/aromatic N) is 3. The molecular formula is C19H16N4. The lowest BCUT2D eigenvalue weighted by atomic mass is 10.0. The molecule has 4 nitrogen and oxygen atoms in total. The van der Waals surface area contributed by atoms with E-state index in [2.05, 4.69) is 45.3 Å². The first kappa shape index (κ1) is 13.6. The number of pyridine rings is 1. The third-order valence-electron chi connectivity index (χ3n) is 3.84. The van der Waals surface area contributed by atoms with Crippen LogP contribution in [0.1, 0.15) is 23.2 Å². The largest absolute Gasteiger partial charge is 0.343 e. The van der Waals surface area contributed by atoms with Crippen LogP contribution in [0.3, 0.4) is 0 Å². The van der Waals surface area contributed by atoms with Crippen LogP contribution >= 0.6 is 0 Å². The fourth-order valence-electron chi connectivity index (χ4n) is 2.74. The predicted octanol–water partition coefficient (Wildman–Crippen LogP) is 3.77. The van der Waals surface area contributed by atoms with E-state index in [9.17, 15) is 0 Å². The van der Waals surface area contributed by atoms with Gasteiger partial charge in [-0.2, -0.15) is 0 Å². The Morgan fingerprint density at radius 1 is 1.09 bits per heavy atom. The van der Waals surface area contributed by atoms with Gasteiger partial charge in [-0.25, -0.2) is 9.97 Å². The second-order valence-electron chi connectivity index (χ2n) is 5.49. The van der Waals surface area contributed by atoms with Crippen molar-refractivity contribution in [1.82, 2.24) is 15.0 Å². The zero-order valence-electron chi connectivity index (χ0n) is 12.6. The van der Waals surface area contributed by atoms with E-state index in [4.69, 9.17) is 4.98 Å². The standard InChI is InChI=1S/C19H16N4/c1-4-14(12-15(5-1)17-8-3-9-20-17)13-16-6-2-7-18(23-16)19-21-10-11-22-19/h1-7,9-12H,8,13H2,(H,21,22). The summed E-state index contributed by atoms with van der Waals surface area (Å²) in [7, 11) is 0. The molecule has 3 heterocycles. The van der Waals surface area contributed by atoms with Crippen LogP contribution in [-0.4, -0.2) is 20.7 Å². The summed E-state index contributed by atoms with van der Waals surface area (Å²) in [4.78, 5) is 16.5. The van der Waals surface area contributed by atoms with E-state index in [-0.39, 0.29) is 0 Å². The van der Waals surface area contributed by atoms with E-state index in [1.54, 1.807) is 6.20 Å². The lowest BCUT2D eigenvalue weighted by molar-refractivity contribution is 1.06. The summed E-state index contributed by atoms with van der Waals surface area (Å²) in [5.41, 5.74) is 5.45. The van der Waals surface area contributed by atoms with Gasteiger partial charge in [0.2, 0.25) is 0 Å². The second kappa shape index (κ2) is 6.01. The SMILES string of the molecule is C1=CN=C(c2cccc(Cc3cccc(-c4ncc[nH]4)n3)c2)C1. The van der Waals surface area contributed by atoms with Gasteiger partial charge in [0, 0.05) is 37.1 Å². The van der Waals surface area contributed by atoms with E-state index < -0.39 is 0 Å². The molecule has 0 fully saturated rings. The molecule has 23 heavy (non-hydrogen) atoms. The summed E-state index contributed by atoms with van der Waals surface area (Å²) in [6.07, 6.45) is 9.21. The second-order valence-corrected chi connectivity index (χ2v) is 5.49. The Bertz CT molecular complexity index is 876. The Kier molecular flexibility index (Phi) is 3.56. The summed E-state index contributed by atoms with van der Waals surface area (Å²) in [5.74, 6) is 0.798. The van der Waals surface area contributed by atoms with Crippen LogP contribution in [0.2, 0.25) is 0 Å². The maximum Gasteiger partial charge on any atom is 0.155 e. The fourth-order valence-corrected chi connectivity index (χ4v) is 2.74. The van der Waals surface area contributed by atoms with Crippen LogP contribution in [-0.2, 0) is 6.42 Å². The van der Waals surface area contributed by atoms with Crippen molar-refractivity contribution in [1.29, 1.82) is 0 Å². The normalized spacial score (nSPS) is 13.3. The van der Waals surface area contributed by atoms with Crippen molar-refractivity contribution in [3.63, 3.8) is 0 Å². The highest BCUT2D eigenvalue weighted by atomic mass is 14.9. The molecule has 1 aliphatic heterocycles.